The van der Waals surface area contributed by atoms with Crippen LogP contribution < -0.4 is 4.31 Å². The van der Waals surface area contributed by atoms with Crippen LogP contribution in [0.5, 0.6) is 0 Å². The molecule has 0 aromatic heterocycles. The molecule has 0 unspecified atom stereocenters. The Kier molecular flexibility index (Phi) is 5.29. The Balaban J connectivity index is 3.15. The van der Waals surface area contributed by atoms with Gasteiger partial charge in [-0.15, -0.1) is 0 Å². The van der Waals surface area contributed by atoms with Crippen LogP contribution in [0.25, 0.3) is 0 Å². The number of nitro groups is 1. The van der Waals surface area contributed by atoms with Crippen molar-refractivity contribution in [3.63, 3.8) is 0 Å². The molecular formula is C12H18N2O4S. The standard InChI is InChI=1S/C12H18N2O4S/c1-3-4-7-10-13(19(2,17)18)11-8-5-6-9-12(11)14(15)16/h5-6,8-9H,3-4,7,10H2,1-2H3. The van der Waals surface area contributed by atoms with Crippen LogP contribution in [0.15, 0.2) is 24.3 Å². The Hall–Kier alpha value is -1.63. The summed E-state index contributed by atoms with van der Waals surface area (Å²) in [6.07, 6.45) is 3.58. The van der Waals surface area contributed by atoms with Crippen molar-refractivity contribution in [2.24, 2.45) is 0 Å². The lowest BCUT2D eigenvalue weighted by molar-refractivity contribution is -0.384. The first-order chi connectivity index (χ1) is 8.88. The van der Waals surface area contributed by atoms with E-state index < -0.39 is 14.9 Å². The van der Waals surface area contributed by atoms with Gasteiger partial charge in [-0.3, -0.25) is 14.4 Å². The molecule has 6 nitrogen and oxygen atoms in total. The first-order valence-corrected chi connectivity index (χ1v) is 7.94. The van der Waals surface area contributed by atoms with E-state index >= 15 is 0 Å². The van der Waals surface area contributed by atoms with Gasteiger partial charge in [-0.25, -0.2) is 8.42 Å². The summed E-state index contributed by atoms with van der Waals surface area (Å²) in [4.78, 5) is 10.4. The maximum absolute atomic E-state index is 11.8. The largest absolute Gasteiger partial charge is 0.293 e. The highest BCUT2D eigenvalue weighted by atomic mass is 32.2. The van der Waals surface area contributed by atoms with Gasteiger partial charge < -0.3 is 0 Å². The van der Waals surface area contributed by atoms with Gasteiger partial charge in [0.1, 0.15) is 5.69 Å². The molecule has 0 amide bonds. The molecule has 0 atom stereocenters. The van der Waals surface area contributed by atoms with Gasteiger partial charge in [0, 0.05) is 12.6 Å². The minimum atomic E-state index is -3.53. The molecule has 0 N–H and O–H groups in total. The predicted octanol–water partition coefficient (Wildman–Crippen LogP) is 2.55. The zero-order valence-electron chi connectivity index (χ0n) is 11.1. The van der Waals surface area contributed by atoms with Crippen molar-refractivity contribution in [2.45, 2.75) is 26.2 Å². The molecule has 0 aliphatic carbocycles. The summed E-state index contributed by atoms with van der Waals surface area (Å²) in [5.41, 5.74) is -0.0597. The molecule has 0 heterocycles. The third-order valence-corrected chi connectivity index (χ3v) is 3.89. The third-order valence-electron chi connectivity index (χ3n) is 2.71. The fourth-order valence-corrected chi connectivity index (χ4v) is 2.77. The van der Waals surface area contributed by atoms with E-state index in [1.165, 1.54) is 18.2 Å². The quantitative estimate of drug-likeness (QED) is 0.438. The monoisotopic (exact) mass is 286 g/mol. The number of anilines is 1. The van der Waals surface area contributed by atoms with Crippen LogP contribution in [0.4, 0.5) is 11.4 Å². The van der Waals surface area contributed by atoms with E-state index in [0.29, 0.717) is 6.42 Å². The van der Waals surface area contributed by atoms with Crippen LogP contribution in [0.1, 0.15) is 26.2 Å². The zero-order valence-corrected chi connectivity index (χ0v) is 11.9. The molecule has 0 spiro atoms. The molecule has 0 aliphatic heterocycles. The summed E-state index contributed by atoms with van der Waals surface area (Å²) in [6.45, 7) is 2.27. The van der Waals surface area contributed by atoms with Crippen molar-refractivity contribution in [2.75, 3.05) is 17.1 Å². The van der Waals surface area contributed by atoms with Crippen molar-refractivity contribution >= 4 is 21.4 Å². The van der Waals surface area contributed by atoms with Crippen molar-refractivity contribution in [3.05, 3.63) is 34.4 Å². The highest BCUT2D eigenvalue weighted by molar-refractivity contribution is 7.92. The summed E-state index contributed by atoms with van der Waals surface area (Å²) in [6, 6.07) is 5.90. The molecule has 19 heavy (non-hydrogen) atoms. The van der Waals surface area contributed by atoms with Crippen LogP contribution >= 0.6 is 0 Å². The SMILES string of the molecule is CCCCCN(c1ccccc1[N+](=O)[O-])S(C)(=O)=O. The van der Waals surface area contributed by atoms with E-state index in [2.05, 4.69) is 0 Å². The van der Waals surface area contributed by atoms with E-state index in [-0.39, 0.29) is 17.9 Å². The number of benzene rings is 1. The number of nitrogens with zero attached hydrogens (tertiary/aromatic N) is 2. The maximum Gasteiger partial charge on any atom is 0.293 e. The molecule has 0 aliphatic rings. The highest BCUT2D eigenvalue weighted by Crippen LogP contribution is 2.29. The number of unbranched alkanes of at least 4 members (excludes halogenated alkanes) is 2. The Labute approximate surface area is 113 Å². The van der Waals surface area contributed by atoms with Crippen LogP contribution in [0, 0.1) is 10.1 Å². The first kappa shape index (κ1) is 15.4. The van der Waals surface area contributed by atoms with Crippen LogP contribution in [-0.2, 0) is 10.0 Å². The van der Waals surface area contributed by atoms with Gasteiger partial charge in [-0.05, 0) is 12.5 Å². The second-order valence-corrected chi connectivity index (χ2v) is 6.19. The molecule has 0 radical (unpaired) electrons. The summed E-state index contributed by atoms with van der Waals surface area (Å²) in [5.74, 6) is 0. The fourth-order valence-electron chi connectivity index (χ4n) is 1.80. The van der Waals surface area contributed by atoms with Gasteiger partial charge in [0.05, 0.1) is 11.2 Å². The molecule has 106 valence electrons. The number of sulfonamides is 1. The topological polar surface area (TPSA) is 80.5 Å². The van der Waals surface area contributed by atoms with Crippen molar-refractivity contribution in [3.8, 4) is 0 Å². The molecule has 1 rings (SSSR count). The summed E-state index contributed by atoms with van der Waals surface area (Å²) < 4.78 is 24.7. The second kappa shape index (κ2) is 6.51. The normalized spacial score (nSPS) is 11.3. The minimum absolute atomic E-state index is 0.131. The Morgan fingerprint density at radius 1 is 1.26 bits per heavy atom. The molecule has 0 fully saturated rings. The molecule has 0 saturated carbocycles. The highest BCUT2D eigenvalue weighted by Gasteiger charge is 2.24. The van der Waals surface area contributed by atoms with E-state index in [1.807, 2.05) is 6.92 Å². The van der Waals surface area contributed by atoms with Crippen molar-refractivity contribution in [1.29, 1.82) is 0 Å². The zero-order chi connectivity index (χ0) is 14.5. The lowest BCUT2D eigenvalue weighted by Gasteiger charge is -2.21. The average molecular weight is 286 g/mol. The van der Waals surface area contributed by atoms with E-state index in [4.69, 9.17) is 0 Å². The molecule has 1 aromatic rings. The van der Waals surface area contributed by atoms with Crippen LogP contribution in [0.3, 0.4) is 0 Å². The van der Waals surface area contributed by atoms with Crippen LogP contribution in [0.2, 0.25) is 0 Å². The van der Waals surface area contributed by atoms with Gasteiger partial charge in [0.25, 0.3) is 5.69 Å². The lowest BCUT2D eigenvalue weighted by atomic mass is 10.2. The summed E-state index contributed by atoms with van der Waals surface area (Å²) in [5, 5.41) is 11.0. The van der Waals surface area contributed by atoms with Gasteiger partial charge in [0.15, 0.2) is 0 Å². The average Bonchev–Trinajstić information content (AvgIpc) is 2.33. The number of para-hydroxylation sites is 2. The summed E-state index contributed by atoms with van der Waals surface area (Å²) >= 11 is 0. The number of rotatable bonds is 7. The van der Waals surface area contributed by atoms with Gasteiger partial charge >= 0.3 is 0 Å². The Morgan fingerprint density at radius 2 is 1.89 bits per heavy atom. The maximum atomic E-state index is 11.8. The lowest BCUT2D eigenvalue weighted by Crippen LogP contribution is -2.31. The molecule has 1 aromatic carbocycles. The minimum Gasteiger partial charge on any atom is -0.264 e. The Bertz CT molecular complexity index is 542. The van der Waals surface area contributed by atoms with E-state index in [1.54, 1.807) is 6.07 Å². The van der Waals surface area contributed by atoms with Gasteiger partial charge in [0.2, 0.25) is 10.0 Å². The molecule has 0 saturated heterocycles. The van der Waals surface area contributed by atoms with E-state index in [0.717, 1.165) is 23.4 Å². The number of hydrogen-bond donors (Lipinski definition) is 0. The molecule has 0 bridgehead atoms. The van der Waals surface area contributed by atoms with Gasteiger partial charge in [-0.2, -0.15) is 0 Å². The summed E-state index contributed by atoms with van der Waals surface area (Å²) in [7, 11) is -3.53. The predicted molar refractivity (Wildman–Crippen MR) is 74.8 cm³/mol. The fraction of sp³-hybridized carbons (Fsp3) is 0.500. The smallest absolute Gasteiger partial charge is 0.264 e. The molecule has 7 heteroatoms. The Morgan fingerprint density at radius 3 is 2.42 bits per heavy atom. The number of hydrogen-bond acceptors (Lipinski definition) is 4. The number of nitro benzene ring substituents is 1. The van der Waals surface area contributed by atoms with Gasteiger partial charge in [-0.1, -0.05) is 31.9 Å². The van der Waals surface area contributed by atoms with Crippen LogP contribution in [-0.4, -0.2) is 26.1 Å². The van der Waals surface area contributed by atoms with E-state index in [9.17, 15) is 18.5 Å². The van der Waals surface area contributed by atoms with Crippen molar-refractivity contribution in [1.82, 2.24) is 0 Å². The molecular weight excluding hydrogens is 268 g/mol. The van der Waals surface area contributed by atoms with Crippen molar-refractivity contribution < 1.29 is 13.3 Å². The second-order valence-electron chi connectivity index (χ2n) is 4.29. The third kappa shape index (κ3) is 4.20. The first-order valence-electron chi connectivity index (χ1n) is 6.09.